The highest BCUT2D eigenvalue weighted by molar-refractivity contribution is 7.80. The minimum absolute atomic E-state index is 0.231. The molecule has 0 unspecified atom stereocenters. The zero-order chi connectivity index (χ0) is 16.5. The van der Waals surface area contributed by atoms with E-state index in [0.717, 1.165) is 33.8 Å². The molecule has 2 heterocycles. The summed E-state index contributed by atoms with van der Waals surface area (Å²) in [6.07, 6.45) is 0. The van der Waals surface area contributed by atoms with E-state index >= 15 is 0 Å². The Morgan fingerprint density at radius 2 is 1.92 bits per heavy atom. The van der Waals surface area contributed by atoms with Crippen molar-refractivity contribution in [2.24, 2.45) is 0 Å². The Labute approximate surface area is 142 Å². The lowest BCUT2D eigenvalue weighted by atomic mass is 10.2. The number of aromatic nitrogens is 2. The van der Waals surface area contributed by atoms with Crippen molar-refractivity contribution in [1.29, 1.82) is 0 Å². The summed E-state index contributed by atoms with van der Waals surface area (Å²) >= 11 is 5.30. The number of rotatable bonds is 3. The van der Waals surface area contributed by atoms with Crippen LogP contribution in [0.15, 0.2) is 41.2 Å². The lowest BCUT2D eigenvalue weighted by Crippen LogP contribution is -2.27. The molecule has 0 aliphatic carbocycles. The Morgan fingerprint density at radius 1 is 1.08 bits per heavy atom. The lowest BCUT2D eigenvalue weighted by Gasteiger charge is -2.11. The van der Waals surface area contributed by atoms with Crippen molar-refractivity contribution in [2.45, 2.75) is 6.54 Å². The first-order valence-electron chi connectivity index (χ1n) is 7.33. The fraction of sp³-hybridized carbons (Fsp3) is 0.125. The second-order valence-electron chi connectivity index (χ2n) is 5.33. The molecule has 0 amide bonds. The van der Waals surface area contributed by atoms with Gasteiger partial charge in [-0.15, -0.1) is 0 Å². The zero-order valence-corrected chi connectivity index (χ0v) is 13.3. The average molecular weight is 342 g/mol. The van der Waals surface area contributed by atoms with Crippen LogP contribution < -0.4 is 25.8 Å². The summed E-state index contributed by atoms with van der Waals surface area (Å²) in [7, 11) is 0. The Kier molecular flexibility index (Phi) is 3.58. The molecule has 1 aliphatic heterocycles. The van der Waals surface area contributed by atoms with Gasteiger partial charge >= 0.3 is 5.69 Å². The second-order valence-corrected chi connectivity index (χ2v) is 5.74. The molecule has 1 aromatic heterocycles. The van der Waals surface area contributed by atoms with Gasteiger partial charge < -0.3 is 30.1 Å². The van der Waals surface area contributed by atoms with Crippen molar-refractivity contribution < 1.29 is 9.47 Å². The molecule has 7 nitrogen and oxygen atoms in total. The standard InChI is InChI=1S/C16H14N4O3S/c21-15-19-11-3-2-10(6-12(11)20-15)18-16(24)17-7-9-1-4-13-14(5-9)23-8-22-13/h1-6H,7-8H2,(H2,17,18,24)(H2,19,20,21). The van der Waals surface area contributed by atoms with E-state index < -0.39 is 0 Å². The molecule has 122 valence electrons. The molecule has 24 heavy (non-hydrogen) atoms. The first kappa shape index (κ1) is 14.6. The Morgan fingerprint density at radius 3 is 2.83 bits per heavy atom. The van der Waals surface area contributed by atoms with E-state index in [1.807, 2.05) is 36.4 Å². The Bertz CT molecular complexity index is 979. The molecule has 2 aromatic carbocycles. The summed E-state index contributed by atoms with van der Waals surface area (Å²) in [4.78, 5) is 16.7. The third-order valence-electron chi connectivity index (χ3n) is 3.66. The third kappa shape index (κ3) is 2.91. The Hall–Kier alpha value is -3.00. The van der Waals surface area contributed by atoms with E-state index in [1.165, 1.54) is 0 Å². The van der Waals surface area contributed by atoms with Gasteiger partial charge in [-0.2, -0.15) is 0 Å². The number of benzene rings is 2. The van der Waals surface area contributed by atoms with Crippen LogP contribution in [0.4, 0.5) is 5.69 Å². The van der Waals surface area contributed by atoms with Crippen LogP contribution in [0.1, 0.15) is 5.56 Å². The molecule has 8 heteroatoms. The lowest BCUT2D eigenvalue weighted by molar-refractivity contribution is 0.174. The number of ether oxygens (including phenoxy) is 2. The van der Waals surface area contributed by atoms with E-state index in [0.29, 0.717) is 11.7 Å². The summed E-state index contributed by atoms with van der Waals surface area (Å²) in [5.41, 5.74) is 3.08. The molecule has 0 atom stereocenters. The van der Waals surface area contributed by atoms with Crippen molar-refractivity contribution in [1.82, 2.24) is 15.3 Å². The van der Waals surface area contributed by atoms with Crippen molar-refractivity contribution in [2.75, 3.05) is 12.1 Å². The van der Waals surface area contributed by atoms with Gasteiger partial charge in [0.2, 0.25) is 6.79 Å². The van der Waals surface area contributed by atoms with E-state index in [1.54, 1.807) is 0 Å². The number of imidazole rings is 1. The molecular weight excluding hydrogens is 328 g/mol. The van der Waals surface area contributed by atoms with Crippen molar-refractivity contribution in [3.63, 3.8) is 0 Å². The molecule has 3 aromatic rings. The quantitative estimate of drug-likeness (QED) is 0.545. The van der Waals surface area contributed by atoms with E-state index in [-0.39, 0.29) is 12.5 Å². The van der Waals surface area contributed by atoms with Gasteiger partial charge in [0.25, 0.3) is 0 Å². The van der Waals surface area contributed by atoms with Gasteiger partial charge in [-0.1, -0.05) is 6.07 Å². The first-order chi connectivity index (χ1) is 11.7. The maximum absolute atomic E-state index is 11.3. The summed E-state index contributed by atoms with van der Waals surface area (Å²) in [5.74, 6) is 1.50. The predicted molar refractivity (Wildman–Crippen MR) is 94.5 cm³/mol. The molecule has 0 bridgehead atoms. The van der Waals surface area contributed by atoms with Crippen LogP contribution in [0.2, 0.25) is 0 Å². The number of aromatic amines is 2. The van der Waals surface area contributed by atoms with Gasteiger partial charge in [0.15, 0.2) is 16.6 Å². The fourth-order valence-electron chi connectivity index (χ4n) is 2.52. The SMILES string of the molecule is O=c1[nH]c2ccc(NC(=S)NCc3ccc4c(c3)OCO4)cc2[nH]1. The van der Waals surface area contributed by atoms with Crippen LogP contribution in [-0.2, 0) is 6.54 Å². The van der Waals surface area contributed by atoms with Crippen LogP contribution in [0.25, 0.3) is 11.0 Å². The van der Waals surface area contributed by atoms with Crippen molar-refractivity contribution in [3.8, 4) is 11.5 Å². The normalized spacial score (nSPS) is 12.3. The van der Waals surface area contributed by atoms with Crippen LogP contribution in [0.5, 0.6) is 11.5 Å². The van der Waals surface area contributed by atoms with Crippen molar-refractivity contribution >= 4 is 34.1 Å². The van der Waals surface area contributed by atoms with E-state index in [9.17, 15) is 4.79 Å². The molecule has 0 fully saturated rings. The van der Waals surface area contributed by atoms with Gasteiger partial charge in [0.05, 0.1) is 11.0 Å². The topological polar surface area (TPSA) is 91.2 Å². The smallest absolute Gasteiger partial charge is 0.323 e. The summed E-state index contributed by atoms with van der Waals surface area (Å²) in [5, 5.41) is 6.72. The molecule has 4 rings (SSSR count). The molecule has 4 N–H and O–H groups in total. The molecule has 1 aliphatic rings. The highest BCUT2D eigenvalue weighted by atomic mass is 32.1. The zero-order valence-electron chi connectivity index (χ0n) is 12.5. The van der Waals surface area contributed by atoms with Gasteiger partial charge in [0, 0.05) is 12.2 Å². The van der Waals surface area contributed by atoms with E-state index in [4.69, 9.17) is 21.7 Å². The van der Waals surface area contributed by atoms with Crippen molar-refractivity contribution in [3.05, 3.63) is 52.4 Å². The van der Waals surface area contributed by atoms with Crippen LogP contribution >= 0.6 is 12.2 Å². The van der Waals surface area contributed by atoms with E-state index in [2.05, 4.69) is 20.6 Å². The number of anilines is 1. The second kappa shape index (κ2) is 5.89. The van der Waals surface area contributed by atoms with Gasteiger partial charge in [-0.05, 0) is 48.1 Å². The minimum Gasteiger partial charge on any atom is -0.454 e. The first-order valence-corrected chi connectivity index (χ1v) is 7.74. The number of H-pyrrole nitrogens is 2. The monoisotopic (exact) mass is 342 g/mol. The predicted octanol–water partition coefficient (Wildman–Crippen LogP) is 2.07. The summed E-state index contributed by atoms with van der Waals surface area (Å²) in [6, 6.07) is 11.2. The molecule has 0 saturated carbocycles. The van der Waals surface area contributed by atoms with Crippen LogP contribution in [0.3, 0.4) is 0 Å². The highest BCUT2D eigenvalue weighted by Gasteiger charge is 2.13. The minimum atomic E-state index is -0.231. The summed E-state index contributed by atoms with van der Waals surface area (Å²) in [6.45, 7) is 0.821. The van der Waals surface area contributed by atoms with Crippen LogP contribution in [0, 0.1) is 0 Å². The largest absolute Gasteiger partial charge is 0.454 e. The maximum Gasteiger partial charge on any atom is 0.323 e. The number of nitrogens with one attached hydrogen (secondary N) is 4. The number of hydrogen-bond donors (Lipinski definition) is 4. The number of thiocarbonyl (C=S) groups is 1. The molecule has 0 spiro atoms. The molecule has 0 saturated heterocycles. The summed E-state index contributed by atoms with van der Waals surface area (Å²) < 4.78 is 10.6. The molecular formula is C16H14N4O3S. The van der Waals surface area contributed by atoms with Gasteiger partial charge in [-0.3, -0.25) is 0 Å². The average Bonchev–Trinajstić information content (AvgIpc) is 3.17. The Balaban J connectivity index is 1.39. The number of fused-ring (bicyclic) bond motifs is 2. The number of hydrogen-bond acceptors (Lipinski definition) is 4. The van der Waals surface area contributed by atoms with Crippen LogP contribution in [-0.4, -0.2) is 21.9 Å². The maximum atomic E-state index is 11.3. The van der Waals surface area contributed by atoms with Gasteiger partial charge in [0.1, 0.15) is 0 Å². The fourth-order valence-corrected chi connectivity index (χ4v) is 2.71. The third-order valence-corrected chi connectivity index (χ3v) is 3.91. The van der Waals surface area contributed by atoms with Gasteiger partial charge in [-0.25, -0.2) is 4.79 Å². The molecule has 0 radical (unpaired) electrons. The highest BCUT2D eigenvalue weighted by Crippen LogP contribution is 2.32.